The van der Waals surface area contributed by atoms with Crippen molar-refractivity contribution in [2.45, 2.75) is 12.8 Å². The number of hydrogen-bond donors (Lipinski definition) is 3. The van der Waals surface area contributed by atoms with E-state index in [1.54, 1.807) is 20.3 Å². The molecule has 5 heteroatoms. The molecule has 21 heavy (non-hydrogen) atoms. The van der Waals surface area contributed by atoms with Gasteiger partial charge in [-0.1, -0.05) is 6.07 Å². The first-order valence-corrected chi connectivity index (χ1v) is 6.50. The van der Waals surface area contributed by atoms with Crippen LogP contribution < -0.4 is 9.47 Å². The first-order valence-electron chi connectivity index (χ1n) is 6.50. The molecule has 0 saturated carbocycles. The number of rotatable bonds is 5. The zero-order valence-electron chi connectivity index (χ0n) is 12.0. The molecule has 0 fully saturated rings. The summed E-state index contributed by atoms with van der Waals surface area (Å²) in [6.45, 7) is 0. The second kappa shape index (κ2) is 6.26. The molecule has 0 saturated heterocycles. The van der Waals surface area contributed by atoms with Gasteiger partial charge in [-0.25, -0.2) is 0 Å². The number of aryl methyl sites for hydroxylation is 2. The van der Waals surface area contributed by atoms with Crippen LogP contribution in [0.5, 0.6) is 28.7 Å². The fraction of sp³-hybridized carbons (Fsp3) is 0.250. The Morgan fingerprint density at radius 3 is 2.10 bits per heavy atom. The maximum atomic E-state index is 9.50. The van der Waals surface area contributed by atoms with Crippen LogP contribution in [0.3, 0.4) is 0 Å². The maximum absolute atomic E-state index is 9.50. The van der Waals surface area contributed by atoms with Crippen LogP contribution in [-0.2, 0) is 12.8 Å². The Bertz CT molecular complexity index is 614. The van der Waals surface area contributed by atoms with Crippen molar-refractivity contribution in [1.82, 2.24) is 0 Å². The van der Waals surface area contributed by atoms with Gasteiger partial charge in [-0.3, -0.25) is 0 Å². The molecule has 0 spiro atoms. The highest BCUT2D eigenvalue weighted by Gasteiger charge is 2.10. The van der Waals surface area contributed by atoms with Gasteiger partial charge in [0.2, 0.25) is 0 Å². The molecule has 0 aromatic heterocycles. The van der Waals surface area contributed by atoms with Gasteiger partial charge >= 0.3 is 0 Å². The van der Waals surface area contributed by atoms with E-state index in [1.807, 2.05) is 12.1 Å². The molecule has 0 bridgehead atoms. The van der Waals surface area contributed by atoms with Crippen LogP contribution in [0.4, 0.5) is 0 Å². The molecule has 0 radical (unpaired) electrons. The first-order chi connectivity index (χ1) is 10.0. The fourth-order valence-electron chi connectivity index (χ4n) is 2.14. The van der Waals surface area contributed by atoms with Crippen molar-refractivity contribution in [2.75, 3.05) is 14.2 Å². The Morgan fingerprint density at radius 1 is 0.857 bits per heavy atom. The van der Waals surface area contributed by atoms with E-state index in [2.05, 4.69) is 0 Å². The monoisotopic (exact) mass is 290 g/mol. The van der Waals surface area contributed by atoms with Gasteiger partial charge < -0.3 is 24.8 Å². The molecule has 0 heterocycles. The smallest absolute Gasteiger partial charge is 0.200 e. The maximum Gasteiger partial charge on any atom is 0.200 e. The third-order valence-corrected chi connectivity index (χ3v) is 3.31. The van der Waals surface area contributed by atoms with E-state index in [4.69, 9.17) is 9.47 Å². The third kappa shape index (κ3) is 3.31. The summed E-state index contributed by atoms with van der Waals surface area (Å²) >= 11 is 0. The summed E-state index contributed by atoms with van der Waals surface area (Å²) in [5.74, 6) is 0.288. The molecule has 112 valence electrons. The minimum absolute atomic E-state index is 0.327. The molecule has 3 N–H and O–H groups in total. The summed E-state index contributed by atoms with van der Waals surface area (Å²) < 4.78 is 10.5. The lowest BCUT2D eigenvalue weighted by Gasteiger charge is -2.11. The predicted octanol–water partition coefficient (Wildman–Crippen LogP) is 2.61. The summed E-state index contributed by atoms with van der Waals surface area (Å²) in [7, 11) is 3.19. The highest BCUT2D eigenvalue weighted by atomic mass is 16.5. The van der Waals surface area contributed by atoms with Crippen LogP contribution in [0.25, 0.3) is 0 Å². The van der Waals surface area contributed by atoms with Crippen molar-refractivity contribution in [2.24, 2.45) is 0 Å². The van der Waals surface area contributed by atoms with E-state index in [0.717, 1.165) is 22.6 Å². The molecular weight excluding hydrogens is 272 g/mol. The molecule has 2 aromatic rings. The second-order valence-corrected chi connectivity index (χ2v) is 4.66. The Morgan fingerprint density at radius 2 is 1.52 bits per heavy atom. The van der Waals surface area contributed by atoms with Gasteiger partial charge in [0.1, 0.15) is 11.5 Å². The van der Waals surface area contributed by atoms with Gasteiger partial charge in [0.15, 0.2) is 17.2 Å². The number of methoxy groups -OCH3 is 2. The predicted molar refractivity (Wildman–Crippen MR) is 78.4 cm³/mol. The third-order valence-electron chi connectivity index (χ3n) is 3.31. The lowest BCUT2D eigenvalue weighted by molar-refractivity contribution is 0.367. The van der Waals surface area contributed by atoms with Crippen molar-refractivity contribution < 1.29 is 24.8 Å². The summed E-state index contributed by atoms with van der Waals surface area (Å²) in [6, 6.07) is 8.44. The van der Waals surface area contributed by atoms with Crippen LogP contribution in [0.1, 0.15) is 11.1 Å². The largest absolute Gasteiger partial charge is 0.504 e. The molecule has 0 amide bonds. The number of ether oxygens (including phenoxy) is 2. The van der Waals surface area contributed by atoms with Crippen LogP contribution in [0, 0.1) is 0 Å². The fourth-order valence-corrected chi connectivity index (χ4v) is 2.14. The van der Waals surface area contributed by atoms with E-state index < -0.39 is 5.75 Å². The molecule has 0 atom stereocenters. The Kier molecular flexibility index (Phi) is 4.42. The molecule has 0 aliphatic carbocycles. The minimum atomic E-state index is -0.499. The highest BCUT2D eigenvalue weighted by molar-refractivity contribution is 5.51. The molecule has 0 aliphatic heterocycles. The minimum Gasteiger partial charge on any atom is -0.504 e. The van der Waals surface area contributed by atoms with Crippen LogP contribution in [-0.4, -0.2) is 29.5 Å². The van der Waals surface area contributed by atoms with Gasteiger partial charge in [0, 0.05) is 6.07 Å². The van der Waals surface area contributed by atoms with Gasteiger partial charge in [0.05, 0.1) is 14.2 Å². The standard InChI is InChI=1S/C16H18O5/c1-20-12-6-5-11(15(9-12)21-2)4-3-10-7-13(17)16(19)14(18)8-10/h5-9,17-19H,3-4H2,1-2H3. The summed E-state index contributed by atoms with van der Waals surface area (Å²) in [4.78, 5) is 0. The molecule has 2 rings (SSSR count). The molecule has 5 nitrogen and oxygen atoms in total. The zero-order valence-corrected chi connectivity index (χ0v) is 12.0. The van der Waals surface area contributed by atoms with Gasteiger partial charge in [0.25, 0.3) is 0 Å². The lowest BCUT2D eigenvalue weighted by Crippen LogP contribution is -1.96. The Labute approximate surface area is 123 Å². The number of aromatic hydroxyl groups is 3. The van der Waals surface area contributed by atoms with Crippen molar-refractivity contribution >= 4 is 0 Å². The summed E-state index contributed by atoms with van der Waals surface area (Å²) in [6.07, 6.45) is 1.25. The number of phenolic OH excluding ortho intramolecular Hbond substituents is 3. The number of hydrogen-bond acceptors (Lipinski definition) is 5. The molecule has 0 aliphatic rings. The number of phenols is 3. The second-order valence-electron chi connectivity index (χ2n) is 4.66. The average molecular weight is 290 g/mol. The van der Waals surface area contributed by atoms with Crippen molar-refractivity contribution in [3.05, 3.63) is 41.5 Å². The molecular formula is C16H18O5. The van der Waals surface area contributed by atoms with Crippen molar-refractivity contribution in [1.29, 1.82) is 0 Å². The molecule has 0 unspecified atom stereocenters. The Balaban J connectivity index is 2.16. The SMILES string of the molecule is COc1ccc(CCc2cc(O)c(O)c(O)c2)c(OC)c1. The van der Waals surface area contributed by atoms with E-state index in [-0.39, 0.29) is 11.5 Å². The average Bonchev–Trinajstić information content (AvgIpc) is 2.50. The Hall–Kier alpha value is -2.56. The van der Waals surface area contributed by atoms with Crippen molar-refractivity contribution in [3.63, 3.8) is 0 Å². The van der Waals surface area contributed by atoms with Gasteiger partial charge in [-0.05, 0) is 42.2 Å². The van der Waals surface area contributed by atoms with E-state index >= 15 is 0 Å². The quantitative estimate of drug-likeness (QED) is 0.738. The van der Waals surface area contributed by atoms with E-state index in [0.29, 0.717) is 12.8 Å². The van der Waals surface area contributed by atoms with Crippen molar-refractivity contribution in [3.8, 4) is 28.7 Å². The van der Waals surface area contributed by atoms with Gasteiger partial charge in [-0.2, -0.15) is 0 Å². The van der Waals surface area contributed by atoms with Crippen LogP contribution >= 0.6 is 0 Å². The highest BCUT2D eigenvalue weighted by Crippen LogP contribution is 2.36. The summed E-state index contributed by atoms with van der Waals surface area (Å²) in [5, 5.41) is 28.3. The number of benzene rings is 2. The van der Waals surface area contributed by atoms with Crippen LogP contribution in [0.2, 0.25) is 0 Å². The van der Waals surface area contributed by atoms with E-state index in [9.17, 15) is 15.3 Å². The normalized spacial score (nSPS) is 10.4. The lowest BCUT2D eigenvalue weighted by atomic mass is 10.0. The first kappa shape index (κ1) is 14.8. The van der Waals surface area contributed by atoms with Crippen LogP contribution in [0.15, 0.2) is 30.3 Å². The van der Waals surface area contributed by atoms with Gasteiger partial charge in [-0.15, -0.1) is 0 Å². The summed E-state index contributed by atoms with van der Waals surface area (Å²) in [5.41, 5.74) is 1.71. The topological polar surface area (TPSA) is 79.2 Å². The zero-order chi connectivity index (χ0) is 15.4. The molecule has 2 aromatic carbocycles. The van der Waals surface area contributed by atoms with E-state index in [1.165, 1.54) is 12.1 Å².